The lowest BCUT2D eigenvalue weighted by atomic mass is 9.97. The summed E-state index contributed by atoms with van der Waals surface area (Å²) in [6.45, 7) is 6.96. The molecule has 0 unspecified atom stereocenters. The SMILES string of the molecule is Cc1cc(C)c(C(=O)CN2CCCCC2=O)cc1C. The van der Waals surface area contributed by atoms with Gasteiger partial charge in [-0.05, 0) is 56.4 Å². The second-order valence-corrected chi connectivity index (χ2v) is 5.45. The molecule has 0 spiro atoms. The van der Waals surface area contributed by atoms with Gasteiger partial charge in [0.15, 0.2) is 5.78 Å². The molecule has 3 heteroatoms. The smallest absolute Gasteiger partial charge is 0.222 e. The number of rotatable bonds is 3. The topological polar surface area (TPSA) is 37.4 Å². The van der Waals surface area contributed by atoms with Crippen molar-refractivity contribution in [2.45, 2.75) is 40.0 Å². The highest BCUT2D eigenvalue weighted by Gasteiger charge is 2.21. The molecule has 0 aromatic heterocycles. The molecule has 1 aliphatic rings. The molecule has 19 heavy (non-hydrogen) atoms. The highest BCUT2D eigenvalue weighted by Crippen LogP contribution is 2.17. The third-order valence-corrected chi connectivity index (χ3v) is 3.90. The molecule has 3 nitrogen and oxygen atoms in total. The normalized spacial score (nSPS) is 15.7. The molecule has 1 saturated heterocycles. The van der Waals surface area contributed by atoms with Gasteiger partial charge in [0.05, 0.1) is 6.54 Å². The number of carbonyl (C=O) groups is 2. The fourth-order valence-corrected chi connectivity index (χ4v) is 2.55. The minimum absolute atomic E-state index is 0.0517. The maximum absolute atomic E-state index is 12.3. The second kappa shape index (κ2) is 5.55. The van der Waals surface area contributed by atoms with Crippen molar-refractivity contribution in [3.8, 4) is 0 Å². The van der Waals surface area contributed by atoms with Crippen LogP contribution in [0, 0.1) is 20.8 Å². The lowest BCUT2D eigenvalue weighted by molar-refractivity contribution is -0.132. The minimum Gasteiger partial charge on any atom is -0.335 e. The predicted molar refractivity (Wildman–Crippen MR) is 75.4 cm³/mol. The second-order valence-electron chi connectivity index (χ2n) is 5.45. The van der Waals surface area contributed by atoms with Crippen LogP contribution >= 0.6 is 0 Å². The molecule has 1 aromatic carbocycles. The van der Waals surface area contributed by atoms with E-state index in [0.717, 1.165) is 29.5 Å². The van der Waals surface area contributed by atoms with Gasteiger partial charge in [0.1, 0.15) is 0 Å². The average molecular weight is 259 g/mol. The summed E-state index contributed by atoms with van der Waals surface area (Å²) in [5, 5.41) is 0. The van der Waals surface area contributed by atoms with Crippen molar-refractivity contribution < 1.29 is 9.59 Å². The van der Waals surface area contributed by atoms with Gasteiger partial charge < -0.3 is 4.90 Å². The van der Waals surface area contributed by atoms with E-state index in [0.29, 0.717) is 13.0 Å². The molecule has 1 fully saturated rings. The van der Waals surface area contributed by atoms with E-state index in [-0.39, 0.29) is 18.2 Å². The van der Waals surface area contributed by atoms with E-state index in [1.54, 1.807) is 4.90 Å². The summed E-state index contributed by atoms with van der Waals surface area (Å²) in [5.74, 6) is 0.164. The van der Waals surface area contributed by atoms with Crippen LogP contribution in [0.5, 0.6) is 0 Å². The van der Waals surface area contributed by atoms with Gasteiger partial charge in [-0.15, -0.1) is 0 Å². The highest BCUT2D eigenvalue weighted by molar-refractivity contribution is 6.00. The third-order valence-electron chi connectivity index (χ3n) is 3.90. The standard InChI is InChI=1S/C16H21NO2/c1-11-8-13(3)14(9-12(11)2)15(18)10-17-7-5-4-6-16(17)19/h8-9H,4-7,10H2,1-3H3. The molecule has 0 saturated carbocycles. The maximum Gasteiger partial charge on any atom is 0.222 e. The monoisotopic (exact) mass is 259 g/mol. The number of benzene rings is 1. The van der Waals surface area contributed by atoms with Crippen LogP contribution in [0.3, 0.4) is 0 Å². The van der Waals surface area contributed by atoms with Crippen LogP contribution in [0.15, 0.2) is 12.1 Å². The van der Waals surface area contributed by atoms with E-state index in [1.807, 2.05) is 32.9 Å². The van der Waals surface area contributed by atoms with Crippen molar-refractivity contribution in [3.63, 3.8) is 0 Å². The zero-order valence-corrected chi connectivity index (χ0v) is 12.0. The first-order valence-electron chi connectivity index (χ1n) is 6.88. The fraction of sp³-hybridized carbons (Fsp3) is 0.500. The first kappa shape index (κ1) is 13.8. The van der Waals surface area contributed by atoms with Crippen LogP contribution in [0.25, 0.3) is 0 Å². The molecule has 1 heterocycles. The first-order valence-corrected chi connectivity index (χ1v) is 6.88. The summed E-state index contributed by atoms with van der Waals surface area (Å²) in [6, 6.07) is 3.99. The molecular weight excluding hydrogens is 238 g/mol. The molecule has 1 aromatic rings. The van der Waals surface area contributed by atoms with Crippen LogP contribution in [0.4, 0.5) is 0 Å². The average Bonchev–Trinajstić information content (AvgIpc) is 2.36. The molecule has 1 amide bonds. The summed E-state index contributed by atoms with van der Waals surface area (Å²) in [5.41, 5.74) is 4.07. The third kappa shape index (κ3) is 3.03. The van der Waals surface area contributed by atoms with Crippen molar-refractivity contribution in [3.05, 3.63) is 34.4 Å². The van der Waals surface area contributed by atoms with Crippen molar-refractivity contribution in [1.29, 1.82) is 0 Å². The number of carbonyl (C=O) groups excluding carboxylic acids is 2. The van der Waals surface area contributed by atoms with Gasteiger partial charge in [-0.3, -0.25) is 9.59 Å². The Morgan fingerprint density at radius 3 is 2.47 bits per heavy atom. The zero-order valence-electron chi connectivity index (χ0n) is 12.0. The number of nitrogens with zero attached hydrogens (tertiary/aromatic N) is 1. The summed E-state index contributed by atoms with van der Waals surface area (Å²) in [6.07, 6.45) is 2.54. The molecule has 0 N–H and O–H groups in total. The number of Topliss-reactive ketones (excluding diaryl/α,β-unsaturated/α-hetero) is 1. The van der Waals surface area contributed by atoms with E-state index < -0.39 is 0 Å². The number of hydrogen-bond acceptors (Lipinski definition) is 2. The summed E-state index contributed by atoms with van der Waals surface area (Å²) < 4.78 is 0. The minimum atomic E-state index is 0.0517. The van der Waals surface area contributed by atoms with Crippen LogP contribution in [0.1, 0.15) is 46.3 Å². The van der Waals surface area contributed by atoms with Crippen LogP contribution in [-0.4, -0.2) is 29.7 Å². The Morgan fingerprint density at radius 2 is 1.79 bits per heavy atom. The Morgan fingerprint density at radius 1 is 1.11 bits per heavy atom. The summed E-state index contributed by atoms with van der Waals surface area (Å²) >= 11 is 0. The Bertz CT molecular complexity index is 520. The van der Waals surface area contributed by atoms with Gasteiger partial charge in [0, 0.05) is 18.5 Å². The van der Waals surface area contributed by atoms with Crippen molar-refractivity contribution in [2.24, 2.45) is 0 Å². The summed E-state index contributed by atoms with van der Waals surface area (Å²) in [4.78, 5) is 25.8. The van der Waals surface area contributed by atoms with Gasteiger partial charge in [0.25, 0.3) is 0 Å². The molecule has 0 atom stereocenters. The Labute approximate surface area is 114 Å². The van der Waals surface area contributed by atoms with Crippen LogP contribution in [0.2, 0.25) is 0 Å². The lowest BCUT2D eigenvalue weighted by Gasteiger charge is -2.26. The number of hydrogen-bond donors (Lipinski definition) is 0. The number of amides is 1. The van der Waals surface area contributed by atoms with Gasteiger partial charge in [-0.1, -0.05) is 6.07 Å². The van der Waals surface area contributed by atoms with Gasteiger partial charge >= 0.3 is 0 Å². The van der Waals surface area contributed by atoms with Gasteiger partial charge in [-0.25, -0.2) is 0 Å². The van der Waals surface area contributed by atoms with Gasteiger partial charge in [-0.2, -0.15) is 0 Å². The zero-order chi connectivity index (χ0) is 14.0. The number of likely N-dealkylation sites (tertiary alicyclic amines) is 1. The van der Waals surface area contributed by atoms with Gasteiger partial charge in [0.2, 0.25) is 5.91 Å². The van der Waals surface area contributed by atoms with Crippen molar-refractivity contribution >= 4 is 11.7 Å². The highest BCUT2D eigenvalue weighted by atomic mass is 16.2. The Balaban J connectivity index is 2.16. The van der Waals surface area contributed by atoms with E-state index in [2.05, 4.69) is 0 Å². The lowest BCUT2D eigenvalue weighted by Crippen LogP contribution is -2.39. The quantitative estimate of drug-likeness (QED) is 0.783. The first-order chi connectivity index (χ1) is 8.99. The van der Waals surface area contributed by atoms with E-state index >= 15 is 0 Å². The molecule has 102 valence electrons. The Kier molecular flexibility index (Phi) is 4.03. The van der Waals surface area contributed by atoms with E-state index in [9.17, 15) is 9.59 Å². The molecule has 1 aliphatic heterocycles. The van der Waals surface area contributed by atoms with Crippen LogP contribution < -0.4 is 0 Å². The molecular formula is C16H21NO2. The summed E-state index contributed by atoms with van der Waals surface area (Å²) in [7, 11) is 0. The van der Waals surface area contributed by atoms with Crippen molar-refractivity contribution in [2.75, 3.05) is 13.1 Å². The fourth-order valence-electron chi connectivity index (χ4n) is 2.55. The Hall–Kier alpha value is -1.64. The number of piperidine rings is 1. The number of ketones is 1. The maximum atomic E-state index is 12.3. The van der Waals surface area contributed by atoms with Crippen molar-refractivity contribution in [1.82, 2.24) is 4.90 Å². The molecule has 2 rings (SSSR count). The number of aryl methyl sites for hydroxylation is 3. The van der Waals surface area contributed by atoms with Crippen LogP contribution in [-0.2, 0) is 4.79 Å². The molecule has 0 aliphatic carbocycles. The van der Waals surface area contributed by atoms with E-state index in [1.165, 1.54) is 5.56 Å². The predicted octanol–water partition coefficient (Wildman–Crippen LogP) is 2.81. The molecule has 0 bridgehead atoms. The van der Waals surface area contributed by atoms with E-state index in [4.69, 9.17) is 0 Å². The molecule has 0 radical (unpaired) electrons. The largest absolute Gasteiger partial charge is 0.335 e.